The molecule has 0 unspecified atom stereocenters. The van der Waals surface area contributed by atoms with Crippen molar-refractivity contribution in [2.75, 3.05) is 6.54 Å². The van der Waals surface area contributed by atoms with E-state index in [1.54, 1.807) is 27.7 Å². The van der Waals surface area contributed by atoms with Crippen LogP contribution in [0, 0.1) is 0 Å². The Bertz CT molecular complexity index is 599. The second-order valence-electron chi connectivity index (χ2n) is 7.75. The number of hydrogen-bond donors (Lipinski definition) is 1. The van der Waals surface area contributed by atoms with Crippen molar-refractivity contribution in [1.29, 1.82) is 0 Å². The van der Waals surface area contributed by atoms with Crippen molar-refractivity contribution in [2.24, 2.45) is 0 Å². The molecule has 1 aliphatic heterocycles. The van der Waals surface area contributed by atoms with E-state index in [0.29, 0.717) is 6.42 Å². The van der Waals surface area contributed by atoms with Gasteiger partial charge in [-0.2, -0.15) is 13.2 Å². The SMILES string of the molecule is C[C@H](c1ccccc1)N1CC[C@@H](NC(=O)OC(C)(C)C)C[C@H]1C(F)(F)F. The number of alkyl carbamates (subject to hydrolysis) is 1. The van der Waals surface area contributed by atoms with E-state index in [9.17, 15) is 18.0 Å². The molecule has 3 atom stereocenters. The zero-order valence-corrected chi connectivity index (χ0v) is 15.6. The zero-order chi connectivity index (χ0) is 19.5. The van der Waals surface area contributed by atoms with Crippen LogP contribution in [-0.2, 0) is 4.74 Å². The average Bonchev–Trinajstić information content (AvgIpc) is 2.52. The second-order valence-corrected chi connectivity index (χ2v) is 7.75. The molecule has 1 saturated heterocycles. The molecular formula is C19H27F3N2O2. The number of carbonyl (C=O) groups excluding carboxylic acids is 1. The van der Waals surface area contributed by atoms with Gasteiger partial charge in [-0.25, -0.2) is 4.79 Å². The van der Waals surface area contributed by atoms with Crippen LogP contribution in [0.3, 0.4) is 0 Å². The highest BCUT2D eigenvalue weighted by molar-refractivity contribution is 5.68. The quantitative estimate of drug-likeness (QED) is 0.838. The van der Waals surface area contributed by atoms with Crippen molar-refractivity contribution in [1.82, 2.24) is 10.2 Å². The molecule has 1 aromatic rings. The number of carbonyl (C=O) groups is 1. The van der Waals surface area contributed by atoms with E-state index in [1.165, 1.54) is 4.90 Å². The summed E-state index contributed by atoms with van der Waals surface area (Å²) in [6.45, 7) is 7.19. The molecule has 1 fully saturated rings. The van der Waals surface area contributed by atoms with Crippen LogP contribution in [-0.4, -0.2) is 41.4 Å². The normalized spacial score (nSPS) is 23.3. The van der Waals surface area contributed by atoms with E-state index in [0.717, 1.165) is 5.56 Å². The summed E-state index contributed by atoms with van der Waals surface area (Å²) in [5.74, 6) is 0. The van der Waals surface area contributed by atoms with Gasteiger partial charge in [-0.1, -0.05) is 30.3 Å². The minimum atomic E-state index is -4.36. The van der Waals surface area contributed by atoms with E-state index in [1.807, 2.05) is 30.3 Å². The van der Waals surface area contributed by atoms with Crippen LogP contribution in [0.1, 0.15) is 52.1 Å². The molecule has 26 heavy (non-hydrogen) atoms. The van der Waals surface area contributed by atoms with E-state index in [-0.39, 0.29) is 19.0 Å². The van der Waals surface area contributed by atoms with Crippen LogP contribution >= 0.6 is 0 Å². The first-order valence-electron chi connectivity index (χ1n) is 8.84. The number of halogens is 3. The minimum absolute atomic E-state index is 0.181. The first-order valence-corrected chi connectivity index (χ1v) is 8.84. The van der Waals surface area contributed by atoms with E-state index in [4.69, 9.17) is 4.74 Å². The fourth-order valence-electron chi connectivity index (χ4n) is 3.30. The van der Waals surface area contributed by atoms with Crippen molar-refractivity contribution in [3.63, 3.8) is 0 Å². The summed E-state index contributed by atoms with van der Waals surface area (Å²) in [6.07, 6.45) is -4.77. The molecule has 7 heteroatoms. The molecule has 0 saturated carbocycles. The number of benzene rings is 1. The highest BCUT2D eigenvalue weighted by atomic mass is 19.4. The van der Waals surface area contributed by atoms with Crippen LogP contribution in [0.2, 0.25) is 0 Å². The number of rotatable bonds is 3. The molecule has 0 bridgehead atoms. The molecule has 4 nitrogen and oxygen atoms in total. The molecule has 1 amide bonds. The molecular weight excluding hydrogens is 345 g/mol. The molecule has 2 rings (SSSR count). The van der Waals surface area contributed by atoms with Gasteiger partial charge in [0.05, 0.1) is 0 Å². The third kappa shape index (κ3) is 5.62. The monoisotopic (exact) mass is 372 g/mol. The van der Waals surface area contributed by atoms with Crippen LogP contribution in [0.4, 0.5) is 18.0 Å². The van der Waals surface area contributed by atoms with Gasteiger partial charge in [0.2, 0.25) is 0 Å². The van der Waals surface area contributed by atoms with Gasteiger partial charge >= 0.3 is 12.3 Å². The summed E-state index contributed by atoms with van der Waals surface area (Å²) in [6, 6.07) is 6.64. The van der Waals surface area contributed by atoms with Crippen molar-refractivity contribution in [2.45, 2.75) is 70.4 Å². The number of nitrogens with zero attached hydrogens (tertiary/aromatic N) is 1. The Balaban J connectivity index is 2.09. The predicted molar refractivity (Wildman–Crippen MR) is 93.8 cm³/mol. The van der Waals surface area contributed by atoms with E-state index >= 15 is 0 Å². The Morgan fingerprint density at radius 2 is 1.85 bits per heavy atom. The maximum atomic E-state index is 13.7. The van der Waals surface area contributed by atoms with Crippen molar-refractivity contribution < 1.29 is 22.7 Å². The summed E-state index contributed by atoms with van der Waals surface area (Å²) in [4.78, 5) is 13.4. The summed E-state index contributed by atoms with van der Waals surface area (Å²) in [5.41, 5.74) is 0.163. The molecule has 0 aliphatic carbocycles. The van der Waals surface area contributed by atoms with Crippen LogP contribution in [0.15, 0.2) is 30.3 Å². The van der Waals surface area contributed by atoms with Gasteiger partial charge in [0.15, 0.2) is 0 Å². The van der Waals surface area contributed by atoms with Crippen molar-refractivity contribution in [3.05, 3.63) is 35.9 Å². The van der Waals surface area contributed by atoms with Gasteiger partial charge in [0, 0.05) is 18.6 Å². The largest absolute Gasteiger partial charge is 0.444 e. The molecule has 0 spiro atoms. The third-order valence-corrected chi connectivity index (χ3v) is 4.52. The first-order chi connectivity index (χ1) is 12.0. The highest BCUT2D eigenvalue weighted by Gasteiger charge is 2.48. The molecule has 146 valence electrons. The Hall–Kier alpha value is -1.76. The summed E-state index contributed by atoms with van der Waals surface area (Å²) in [7, 11) is 0. The number of hydrogen-bond acceptors (Lipinski definition) is 3. The lowest BCUT2D eigenvalue weighted by atomic mass is 9.93. The zero-order valence-electron chi connectivity index (χ0n) is 15.6. The molecule has 1 aliphatic rings. The Morgan fingerprint density at radius 3 is 2.38 bits per heavy atom. The summed E-state index contributed by atoms with van der Waals surface area (Å²) >= 11 is 0. The van der Waals surface area contributed by atoms with Gasteiger partial charge in [-0.15, -0.1) is 0 Å². The lowest BCUT2D eigenvalue weighted by Crippen LogP contribution is -2.56. The standard InChI is InChI=1S/C19H27F3N2O2/c1-13(14-8-6-5-7-9-14)24-11-10-15(12-16(24)19(20,21)22)23-17(25)26-18(2,3)4/h5-9,13,15-16H,10-12H2,1-4H3,(H,23,25)/t13-,15-,16+/m1/s1. The minimum Gasteiger partial charge on any atom is -0.444 e. The second kappa shape index (κ2) is 7.86. The van der Waals surface area contributed by atoms with Gasteiger partial charge in [-0.3, -0.25) is 4.90 Å². The topological polar surface area (TPSA) is 41.6 Å². The molecule has 1 aromatic carbocycles. The summed E-state index contributed by atoms with van der Waals surface area (Å²) < 4.78 is 46.2. The number of alkyl halides is 3. The Labute approximate surface area is 152 Å². The molecule has 1 heterocycles. The number of ether oxygens (including phenoxy) is 1. The van der Waals surface area contributed by atoms with Gasteiger partial charge in [0.25, 0.3) is 0 Å². The number of piperidine rings is 1. The first kappa shape index (κ1) is 20.6. The fraction of sp³-hybridized carbons (Fsp3) is 0.632. The molecule has 1 N–H and O–H groups in total. The summed E-state index contributed by atoms with van der Waals surface area (Å²) in [5, 5.41) is 2.59. The third-order valence-electron chi connectivity index (χ3n) is 4.52. The molecule has 0 aromatic heterocycles. The predicted octanol–water partition coefficient (Wildman–Crippen LogP) is 4.67. The van der Waals surface area contributed by atoms with Gasteiger partial charge in [0.1, 0.15) is 11.6 Å². The lowest BCUT2D eigenvalue weighted by Gasteiger charge is -2.43. The van der Waals surface area contributed by atoms with Crippen LogP contribution in [0.5, 0.6) is 0 Å². The number of nitrogens with one attached hydrogen (secondary N) is 1. The van der Waals surface area contributed by atoms with E-state index < -0.39 is 30.0 Å². The average molecular weight is 372 g/mol. The van der Waals surface area contributed by atoms with Crippen molar-refractivity contribution >= 4 is 6.09 Å². The van der Waals surface area contributed by atoms with Gasteiger partial charge < -0.3 is 10.1 Å². The smallest absolute Gasteiger partial charge is 0.407 e. The number of likely N-dealkylation sites (tertiary alicyclic amines) is 1. The fourth-order valence-corrected chi connectivity index (χ4v) is 3.30. The van der Waals surface area contributed by atoms with Gasteiger partial charge in [-0.05, 0) is 46.1 Å². The Kier molecular flexibility index (Phi) is 6.21. The Morgan fingerprint density at radius 1 is 1.23 bits per heavy atom. The maximum Gasteiger partial charge on any atom is 0.407 e. The highest BCUT2D eigenvalue weighted by Crippen LogP contribution is 2.37. The maximum absolute atomic E-state index is 13.7. The lowest BCUT2D eigenvalue weighted by molar-refractivity contribution is -0.199. The van der Waals surface area contributed by atoms with Crippen LogP contribution in [0.25, 0.3) is 0 Å². The van der Waals surface area contributed by atoms with Crippen molar-refractivity contribution in [3.8, 4) is 0 Å². The number of amides is 1. The van der Waals surface area contributed by atoms with Crippen LogP contribution < -0.4 is 5.32 Å². The molecule has 0 radical (unpaired) electrons. The van der Waals surface area contributed by atoms with E-state index in [2.05, 4.69) is 5.32 Å².